The van der Waals surface area contributed by atoms with Gasteiger partial charge in [0.25, 0.3) is 10.0 Å². The van der Waals surface area contributed by atoms with Gasteiger partial charge in [0.2, 0.25) is 5.91 Å². The van der Waals surface area contributed by atoms with Crippen molar-refractivity contribution in [3.8, 4) is 0 Å². The maximum absolute atomic E-state index is 12.5. The second-order valence-corrected chi connectivity index (χ2v) is 9.05. The predicted molar refractivity (Wildman–Crippen MR) is 120 cm³/mol. The molecule has 0 saturated carbocycles. The fourth-order valence-electron chi connectivity index (χ4n) is 3.49. The third-order valence-corrected chi connectivity index (χ3v) is 6.39. The minimum absolute atomic E-state index is 0.0852. The van der Waals surface area contributed by atoms with Crippen LogP contribution in [0.3, 0.4) is 0 Å². The minimum Gasteiger partial charge on any atom is -0.349 e. The van der Waals surface area contributed by atoms with Crippen LogP contribution in [0.5, 0.6) is 0 Å². The summed E-state index contributed by atoms with van der Waals surface area (Å²) in [5.41, 5.74) is 3.69. The Kier molecular flexibility index (Phi) is 6.77. The summed E-state index contributed by atoms with van der Waals surface area (Å²) in [6.45, 7) is 7.81. The molecule has 0 radical (unpaired) electrons. The van der Waals surface area contributed by atoms with Gasteiger partial charge in [-0.15, -0.1) is 0 Å². The van der Waals surface area contributed by atoms with Gasteiger partial charge in [-0.3, -0.25) is 14.5 Å². The molecule has 1 aromatic carbocycles. The minimum atomic E-state index is -3.72. The molecule has 0 saturated heterocycles. The number of hydrogen-bond donors (Lipinski definition) is 2. The lowest BCUT2D eigenvalue weighted by Crippen LogP contribution is -2.29. The van der Waals surface area contributed by atoms with Crippen LogP contribution in [0, 0.1) is 13.8 Å². The van der Waals surface area contributed by atoms with Gasteiger partial charge < -0.3 is 9.88 Å². The fourth-order valence-corrected chi connectivity index (χ4v) is 4.63. The van der Waals surface area contributed by atoms with Crippen molar-refractivity contribution >= 4 is 33.5 Å². The van der Waals surface area contributed by atoms with Gasteiger partial charge in [-0.1, -0.05) is 13.0 Å². The van der Waals surface area contributed by atoms with Crippen molar-refractivity contribution in [2.75, 3.05) is 11.9 Å². The zero-order valence-corrected chi connectivity index (χ0v) is 18.4. The Labute approximate surface area is 178 Å². The molecule has 0 aliphatic carbocycles. The molecule has 160 valence electrons. The van der Waals surface area contributed by atoms with Gasteiger partial charge in [0.15, 0.2) is 0 Å². The van der Waals surface area contributed by atoms with Gasteiger partial charge >= 0.3 is 0 Å². The highest BCUT2D eigenvalue weighted by atomic mass is 32.2. The first-order valence-corrected chi connectivity index (χ1v) is 11.6. The third-order valence-electron chi connectivity index (χ3n) is 5.01. The maximum atomic E-state index is 12.5. The van der Waals surface area contributed by atoms with Gasteiger partial charge in [-0.05, 0) is 62.6 Å². The third kappa shape index (κ3) is 5.18. The van der Waals surface area contributed by atoms with E-state index in [0.29, 0.717) is 24.5 Å². The molecule has 0 spiro atoms. The van der Waals surface area contributed by atoms with E-state index in [2.05, 4.69) is 39.5 Å². The van der Waals surface area contributed by atoms with Crippen LogP contribution in [0.15, 0.2) is 46.3 Å². The van der Waals surface area contributed by atoms with Gasteiger partial charge in [-0.25, -0.2) is 8.42 Å². The van der Waals surface area contributed by atoms with E-state index < -0.39 is 10.0 Å². The van der Waals surface area contributed by atoms with Crippen LogP contribution in [0.1, 0.15) is 43.1 Å². The van der Waals surface area contributed by atoms with E-state index in [-0.39, 0.29) is 10.8 Å². The van der Waals surface area contributed by atoms with Crippen molar-refractivity contribution in [2.45, 2.75) is 51.5 Å². The summed E-state index contributed by atoms with van der Waals surface area (Å²) < 4.78 is 29.8. The predicted octanol–water partition coefficient (Wildman–Crippen LogP) is 3.64. The lowest BCUT2D eigenvalue weighted by molar-refractivity contribution is -0.111. The largest absolute Gasteiger partial charge is 0.349 e. The van der Waals surface area contributed by atoms with Crippen LogP contribution in [0.4, 0.5) is 5.69 Å². The standard InChI is InChI=1S/C22H28N4O3S/c1-4-13-26-16(2)14-18(17(26)3)10-11-22(27)24-19-7-5-8-20(15-19)30(28,29)25-21-9-6-12-23-21/h5,7-8,10-11,14-15H,4,6,9,12-13H2,1-3H3,(H,23,25)(H,24,27)/b11-10+. The summed E-state index contributed by atoms with van der Waals surface area (Å²) in [4.78, 5) is 16.6. The number of carbonyl (C=O) groups excluding carboxylic acids is 1. The highest BCUT2D eigenvalue weighted by Crippen LogP contribution is 2.19. The lowest BCUT2D eigenvalue weighted by atomic mass is 10.2. The topological polar surface area (TPSA) is 92.6 Å². The Morgan fingerprint density at radius 3 is 2.77 bits per heavy atom. The van der Waals surface area contributed by atoms with E-state index in [0.717, 1.165) is 36.3 Å². The molecule has 8 heteroatoms. The first kappa shape index (κ1) is 21.8. The van der Waals surface area contributed by atoms with Crippen LogP contribution >= 0.6 is 0 Å². The second kappa shape index (κ2) is 9.30. The number of amides is 1. The number of aliphatic imine (C=N–C) groups is 1. The van der Waals surface area contributed by atoms with Crippen LogP contribution in [-0.2, 0) is 21.4 Å². The highest BCUT2D eigenvalue weighted by Gasteiger charge is 2.18. The Hall–Kier alpha value is -2.87. The number of benzene rings is 1. The number of sulfonamides is 1. The molecule has 0 atom stereocenters. The van der Waals surface area contributed by atoms with E-state index in [1.165, 1.54) is 18.2 Å². The average molecular weight is 429 g/mol. The number of rotatable bonds is 7. The van der Waals surface area contributed by atoms with Crippen molar-refractivity contribution in [1.29, 1.82) is 0 Å². The molecule has 1 amide bonds. The first-order valence-electron chi connectivity index (χ1n) is 10.1. The second-order valence-electron chi connectivity index (χ2n) is 7.37. The molecule has 0 fully saturated rings. The van der Waals surface area contributed by atoms with Gasteiger partial charge in [0, 0.05) is 42.7 Å². The van der Waals surface area contributed by atoms with Crippen molar-refractivity contribution in [3.05, 3.63) is 53.4 Å². The summed E-state index contributed by atoms with van der Waals surface area (Å²) in [5.74, 6) is 0.158. The Balaban J connectivity index is 1.69. The van der Waals surface area contributed by atoms with E-state index in [1.807, 2.05) is 6.92 Å². The number of carbonyl (C=O) groups is 1. The molecule has 3 rings (SSSR count). The molecule has 2 heterocycles. The quantitative estimate of drug-likeness (QED) is 0.660. The zero-order chi connectivity index (χ0) is 21.7. The van der Waals surface area contributed by atoms with E-state index in [9.17, 15) is 13.2 Å². The van der Waals surface area contributed by atoms with Crippen LogP contribution in [0.25, 0.3) is 6.08 Å². The average Bonchev–Trinajstić information content (AvgIpc) is 3.29. The Morgan fingerprint density at radius 1 is 1.27 bits per heavy atom. The molecule has 0 unspecified atom stereocenters. The molecular weight excluding hydrogens is 400 g/mol. The SMILES string of the molecule is CCCn1c(C)cc(/C=C/C(=O)Nc2cccc(S(=O)(=O)NC3=NCCC3)c2)c1C. The van der Waals surface area contributed by atoms with Gasteiger partial charge in [0.1, 0.15) is 5.84 Å². The molecule has 7 nitrogen and oxygen atoms in total. The molecule has 0 bridgehead atoms. The van der Waals surface area contributed by atoms with Crippen molar-refractivity contribution in [1.82, 2.24) is 9.29 Å². The van der Waals surface area contributed by atoms with E-state index in [1.54, 1.807) is 18.2 Å². The van der Waals surface area contributed by atoms with Crippen molar-refractivity contribution < 1.29 is 13.2 Å². The first-order chi connectivity index (χ1) is 14.3. The van der Waals surface area contributed by atoms with Gasteiger partial charge in [0.05, 0.1) is 4.90 Å². The molecule has 1 aliphatic rings. The van der Waals surface area contributed by atoms with E-state index >= 15 is 0 Å². The van der Waals surface area contributed by atoms with Crippen LogP contribution in [0.2, 0.25) is 0 Å². The highest BCUT2D eigenvalue weighted by molar-refractivity contribution is 7.90. The summed E-state index contributed by atoms with van der Waals surface area (Å²) in [7, 11) is -3.72. The molecule has 1 aliphatic heterocycles. The number of amidine groups is 1. The summed E-state index contributed by atoms with van der Waals surface area (Å²) in [6.07, 6.45) is 5.76. The Morgan fingerprint density at radius 2 is 2.07 bits per heavy atom. The molecule has 2 N–H and O–H groups in total. The monoisotopic (exact) mass is 428 g/mol. The summed E-state index contributed by atoms with van der Waals surface area (Å²) in [6, 6.07) is 8.25. The Bertz CT molecular complexity index is 1100. The van der Waals surface area contributed by atoms with Crippen LogP contribution < -0.4 is 10.0 Å². The number of hydrogen-bond acceptors (Lipinski definition) is 4. The number of anilines is 1. The number of nitrogens with zero attached hydrogens (tertiary/aromatic N) is 2. The molecule has 2 aromatic rings. The summed E-state index contributed by atoms with van der Waals surface area (Å²) >= 11 is 0. The summed E-state index contributed by atoms with van der Waals surface area (Å²) in [5, 5.41) is 2.73. The normalized spacial score (nSPS) is 14.2. The molecule has 30 heavy (non-hydrogen) atoms. The number of aryl methyl sites for hydroxylation is 1. The van der Waals surface area contributed by atoms with E-state index in [4.69, 9.17) is 0 Å². The number of nitrogens with one attached hydrogen (secondary N) is 2. The van der Waals surface area contributed by atoms with Gasteiger partial charge in [-0.2, -0.15) is 0 Å². The van der Waals surface area contributed by atoms with Crippen LogP contribution in [-0.4, -0.2) is 31.3 Å². The lowest BCUT2D eigenvalue weighted by Gasteiger charge is -2.09. The molecular formula is C22H28N4O3S. The smallest absolute Gasteiger partial charge is 0.262 e. The maximum Gasteiger partial charge on any atom is 0.262 e. The molecule has 1 aromatic heterocycles. The number of aromatic nitrogens is 1. The van der Waals surface area contributed by atoms with Crippen molar-refractivity contribution in [2.24, 2.45) is 4.99 Å². The van der Waals surface area contributed by atoms with Crippen molar-refractivity contribution in [3.63, 3.8) is 0 Å². The zero-order valence-electron chi connectivity index (χ0n) is 17.6. The fraction of sp³-hybridized carbons (Fsp3) is 0.364.